The van der Waals surface area contributed by atoms with Gasteiger partial charge in [0.25, 0.3) is 0 Å². The third-order valence-corrected chi connectivity index (χ3v) is 3.20. The van der Waals surface area contributed by atoms with Gasteiger partial charge in [-0.25, -0.2) is 0 Å². The van der Waals surface area contributed by atoms with E-state index in [0.717, 1.165) is 25.5 Å². The maximum atomic E-state index is 4.24. The molecule has 1 aliphatic heterocycles. The van der Waals surface area contributed by atoms with E-state index in [1.807, 2.05) is 7.05 Å². The van der Waals surface area contributed by atoms with Crippen molar-refractivity contribution in [3.8, 4) is 0 Å². The summed E-state index contributed by atoms with van der Waals surface area (Å²) >= 11 is 0. The monoisotopic (exact) mass is 228 g/mol. The Morgan fingerprint density at radius 1 is 1.29 bits per heavy atom. The van der Waals surface area contributed by atoms with Gasteiger partial charge in [0, 0.05) is 32.2 Å². The molecule has 4 heteroatoms. The fourth-order valence-corrected chi connectivity index (χ4v) is 2.37. The van der Waals surface area contributed by atoms with E-state index in [9.17, 15) is 0 Å². The van der Waals surface area contributed by atoms with E-state index in [2.05, 4.69) is 50.7 Å². The molecule has 0 saturated carbocycles. The Bertz CT molecular complexity index is 503. The summed E-state index contributed by atoms with van der Waals surface area (Å²) in [5, 5.41) is 10.5. The molecule has 0 aliphatic carbocycles. The third-order valence-electron chi connectivity index (χ3n) is 3.20. The van der Waals surface area contributed by atoms with Crippen LogP contribution in [0.5, 0.6) is 0 Å². The summed E-state index contributed by atoms with van der Waals surface area (Å²) in [6, 6.07) is 10.6. The lowest BCUT2D eigenvalue weighted by Gasteiger charge is -2.14. The first-order valence-corrected chi connectivity index (χ1v) is 5.87. The Labute approximate surface area is 101 Å². The van der Waals surface area contributed by atoms with Crippen molar-refractivity contribution in [2.45, 2.75) is 19.6 Å². The summed E-state index contributed by atoms with van der Waals surface area (Å²) in [6.45, 7) is 2.92. The van der Waals surface area contributed by atoms with E-state index in [-0.39, 0.29) is 0 Å². The summed E-state index contributed by atoms with van der Waals surface area (Å²) in [6.07, 6.45) is 0. The zero-order chi connectivity index (χ0) is 11.7. The second-order valence-electron chi connectivity index (χ2n) is 4.41. The first-order chi connectivity index (χ1) is 8.36. The predicted octanol–water partition coefficient (Wildman–Crippen LogP) is 1.97. The van der Waals surface area contributed by atoms with Crippen LogP contribution in [0, 0.1) is 0 Å². The molecule has 1 aromatic carbocycles. The molecule has 1 aromatic heterocycles. The van der Waals surface area contributed by atoms with Gasteiger partial charge in [-0.2, -0.15) is 5.10 Å². The SMILES string of the molecule is CNc1n[nH]c2c1CN(Cc1ccccc1)C2. The molecule has 4 nitrogen and oxygen atoms in total. The molecular weight excluding hydrogens is 212 g/mol. The molecule has 1 aliphatic rings. The number of H-pyrrole nitrogens is 1. The van der Waals surface area contributed by atoms with Gasteiger partial charge in [-0.05, 0) is 5.56 Å². The molecule has 2 heterocycles. The van der Waals surface area contributed by atoms with Crippen LogP contribution < -0.4 is 5.32 Å². The highest BCUT2D eigenvalue weighted by atomic mass is 15.2. The van der Waals surface area contributed by atoms with Gasteiger partial charge in [0.05, 0.1) is 5.69 Å². The standard InChI is InChI=1S/C13H16N4/c1-14-13-11-8-17(9-12(11)15-16-13)7-10-5-3-2-4-6-10/h2-6H,7-9H2,1H3,(H2,14,15,16). The Kier molecular flexibility index (Phi) is 2.57. The molecule has 0 radical (unpaired) electrons. The van der Waals surface area contributed by atoms with Crippen molar-refractivity contribution in [3.05, 3.63) is 47.2 Å². The Morgan fingerprint density at radius 3 is 2.88 bits per heavy atom. The quantitative estimate of drug-likeness (QED) is 0.844. The van der Waals surface area contributed by atoms with Crippen molar-refractivity contribution in [2.24, 2.45) is 0 Å². The molecule has 0 spiro atoms. The van der Waals surface area contributed by atoms with Crippen LogP contribution in [-0.4, -0.2) is 22.1 Å². The molecule has 0 unspecified atom stereocenters. The molecule has 0 fully saturated rings. The second-order valence-corrected chi connectivity index (χ2v) is 4.41. The van der Waals surface area contributed by atoms with Gasteiger partial charge in [-0.15, -0.1) is 0 Å². The molecule has 3 rings (SSSR count). The van der Waals surface area contributed by atoms with E-state index in [0.29, 0.717) is 0 Å². The molecule has 2 aromatic rings. The number of hydrogen-bond donors (Lipinski definition) is 2. The Balaban J connectivity index is 1.72. The summed E-state index contributed by atoms with van der Waals surface area (Å²) in [5.74, 6) is 0.982. The highest BCUT2D eigenvalue weighted by Crippen LogP contribution is 2.27. The average Bonchev–Trinajstić information content (AvgIpc) is 2.89. The lowest BCUT2D eigenvalue weighted by molar-refractivity contribution is 0.272. The number of aromatic nitrogens is 2. The van der Waals surface area contributed by atoms with E-state index in [1.54, 1.807) is 0 Å². The van der Waals surface area contributed by atoms with Crippen LogP contribution in [-0.2, 0) is 19.6 Å². The van der Waals surface area contributed by atoms with Crippen LogP contribution in [0.25, 0.3) is 0 Å². The van der Waals surface area contributed by atoms with Crippen LogP contribution in [0.2, 0.25) is 0 Å². The van der Waals surface area contributed by atoms with Gasteiger partial charge >= 0.3 is 0 Å². The topological polar surface area (TPSA) is 44.0 Å². The third kappa shape index (κ3) is 1.91. The maximum Gasteiger partial charge on any atom is 0.152 e. The number of fused-ring (bicyclic) bond motifs is 1. The van der Waals surface area contributed by atoms with Crippen molar-refractivity contribution in [2.75, 3.05) is 12.4 Å². The smallest absolute Gasteiger partial charge is 0.152 e. The molecule has 0 saturated heterocycles. The van der Waals surface area contributed by atoms with Gasteiger partial charge in [-0.3, -0.25) is 10.00 Å². The lowest BCUT2D eigenvalue weighted by Crippen LogP contribution is -2.16. The molecule has 2 N–H and O–H groups in total. The number of rotatable bonds is 3. The first-order valence-electron chi connectivity index (χ1n) is 5.87. The highest BCUT2D eigenvalue weighted by molar-refractivity contribution is 5.47. The number of benzene rings is 1. The molecule has 0 atom stereocenters. The van der Waals surface area contributed by atoms with E-state index in [4.69, 9.17) is 0 Å². The highest BCUT2D eigenvalue weighted by Gasteiger charge is 2.24. The fraction of sp³-hybridized carbons (Fsp3) is 0.308. The van der Waals surface area contributed by atoms with Crippen LogP contribution in [0.15, 0.2) is 30.3 Å². The molecule has 0 bridgehead atoms. The minimum absolute atomic E-state index is 0.957. The van der Waals surface area contributed by atoms with E-state index < -0.39 is 0 Å². The lowest BCUT2D eigenvalue weighted by atomic mass is 10.2. The molecular formula is C13H16N4. The zero-order valence-corrected chi connectivity index (χ0v) is 9.90. The number of anilines is 1. The molecule has 0 amide bonds. The number of nitrogens with zero attached hydrogens (tertiary/aromatic N) is 2. The van der Waals surface area contributed by atoms with E-state index in [1.165, 1.54) is 16.8 Å². The minimum Gasteiger partial charge on any atom is -0.371 e. The van der Waals surface area contributed by atoms with Crippen LogP contribution >= 0.6 is 0 Å². The van der Waals surface area contributed by atoms with Gasteiger partial charge in [0.1, 0.15) is 0 Å². The van der Waals surface area contributed by atoms with Gasteiger partial charge in [-0.1, -0.05) is 30.3 Å². The van der Waals surface area contributed by atoms with Crippen molar-refractivity contribution < 1.29 is 0 Å². The summed E-state index contributed by atoms with van der Waals surface area (Å²) < 4.78 is 0. The zero-order valence-electron chi connectivity index (χ0n) is 9.90. The van der Waals surface area contributed by atoms with Gasteiger partial charge in [0.15, 0.2) is 5.82 Å². The molecule has 17 heavy (non-hydrogen) atoms. The van der Waals surface area contributed by atoms with Crippen molar-refractivity contribution in [1.29, 1.82) is 0 Å². The van der Waals surface area contributed by atoms with Gasteiger partial charge < -0.3 is 5.32 Å². The summed E-state index contributed by atoms with van der Waals surface area (Å²) in [7, 11) is 1.91. The number of aromatic amines is 1. The number of hydrogen-bond acceptors (Lipinski definition) is 3. The van der Waals surface area contributed by atoms with Crippen LogP contribution in [0.3, 0.4) is 0 Å². The van der Waals surface area contributed by atoms with Crippen molar-refractivity contribution >= 4 is 5.82 Å². The largest absolute Gasteiger partial charge is 0.371 e. The van der Waals surface area contributed by atoms with E-state index >= 15 is 0 Å². The normalized spacial score (nSPS) is 14.9. The maximum absolute atomic E-state index is 4.24. The average molecular weight is 228 g/mol. The van der Waals surface area contributed by atoms with Crippen LogP contribution in [0.4, 0.5) is 5.82 Å². The Hall–Kier alpha value is -1.81. The van der Waals surface area contributed by atoms with Crippen LogP contribution in [0.1, 0.15) is 16.8 Å². The van der Waals surface area contributed by atoms with Gasteiger partial charge in [0.2, 0.25) is 0 Å². The second kappa shape index (κ2) is 4.22. The van der Waals surface area contributed by atoms with Crippen molar-refractivity contribution in [3.63, 3.8) is 0 Å². The predicted molar refractivity (Wildman–Crippen MR) is 67.5 cm³/mol. The first kappa shape index (κ1) is 10.4. The summed E-state index contributed by atoms with van der Waals surface area (Å²) in [4.78, 5) is 2.42. The summed E-state index contributed by atoms with van der Waals surface area (Å²) in [5.41, 5.74) is 3.91. The fourth-order valence-electron chi connectivity index (χ4n) is 2.37. The number of nitrogens with one attached hydrogen (secondary N) is 2. The molecule has 88 valence electrons. The van der Waals surface area contributed by atoms with Crippen molar-refractivity contribution in [1.82, 2.24) is 15.1 Å². The minimum atomic E-state index is 0.957. The Morgan fingerprint density at radius 2 is 2.12 bits per heavy atom.